The Morgan fingerprint density at radius 2 is 1.57 bits per heavy atom. The van der Waals surface area contributed by atoms with Gasteiger partial charge in [0.1, 0.15) is 16.4 Å². The fraction of sp³-hybridized carbons (Fsp3) is 0.143. The molecule has 0 N–H and O–H groups in total. The maximum atomic E-state index is 12.0. The van der Waals surface area contributed by atoms with Crippen molar-refractivity contribution in [2.45, 2.75) is 9.79 Å². The Kier molecular flexibility index (Phi) is 5.10. The van der Waals surface area contributed by atoms with E-state index in [1.165, 1.54) is 12.1 Å². The second kappa shape index (κ2) is 6.43. The molecule has 9 heteroatoms. The summed E-state index contributed by atoms with van der Waals surface area (Å²) in [5.74, 6) is 0.248. The van der Waals surface area contributed by atoms with Gasteiger partial charge in [0.05, 0.1) is 9.92 Å². The molecule has 0 bridgehead atoms. The molecule has 5 nitrogen and oxygen atoms in total. The molecule has 2 rings (SSSR count). The Morgan fingerprint density at radius 1 is 0.913 bits per heavy atom. The van der Waals surface area contributed by atoms with Gasteiger partial charge in [0.15, 0.2) is 19.7 Å². The first kappa shape index (κ1) is 18.3. The minimum atomic E-state index is -3.70. The third kappa shape index (κ3) is 4.47. The average molecular weight is 440 g/mol. The van der Waals surface area contributed by atoms with Crippen molar-refractivity contribution in [2.75, 3.05) is 12.5 Å². The van der Waals surface area contributed by atoms with Crippen molar-refractivity contribution in [3.05, 3.63) is 45.9 Å². The molecule has 0 spiro atoms. The summed E-state index contributed by atoms with van der Waals surface area (Å²) in [6, 6.07) is 8.53. The molecule has 124 valence electrons. The molecule has 2 aromatic rings. The van der Waals surface area contributed by atoms with Crippen LogP contribution in [0.25, 0.3) is 0 Å². The summed E-state index contributed by atoms with van der Waals surface area (Å²) in [6.07, 6.45) is 1.98. The molecule has 0 unspecified atom stereocenters. The molecule has 0 saturated heterocycles. The maximum absolute atomic E-state index is 12.0. The molecule has 0 fully saturated rings. The highest BCUT2D eigenvalue weighted by Gasteiger charge is 2.20. The summed E-state index contributed by atoms with van der Waals surface area (Å²) < 4.78 is 53.4. The lowest BCUT2D eigenvalue weighted by molar-refractivity contribution is 0.467. The molecule has 0 atom stereocenters. The molecule has 0 saturated carbocycles. The average Bonchev–Trinajstić information content (AvgIpc) is 2.41. The monoisotopic (exact) mass is 438 g/mol. The second-order valence-electron chi connectivity index (χ2n) is 4.83. The molecular weight excluding hydrogens is 428 g/mol. The SMILES string of the molecule is CS(=O)(=O)c1ccc(Oc2cc(Br)ccc2Cl)c(S(C)(=O)=O)c1. The minimum absolute atomic E-state index is 0.0000926. The third-order valence-corrected chi connectivity index (χ3v) is 5.89. The zero-order valence-corrected chi connectivity index (χ0v) is 16.1. The topological polar surface area (TPSA) is 77.5 Å². The normalized spacial score (nSPS) is 12.2. The van der Waals surface area contributed by atoms with E-state index in [9.17, 15) is 16.8 Å². The van der Waals surface area contributed by atoms with Crippen LogP contribution in [0.2, 0.25) is 5.02 Å². The molecule has 0 radical (unpaired) electrons. The summed E-state index contributed by atoms with van der Waals surface area (Å²) in [5, 5.41) is 0.292. The quantitative estimate of drug-likeness (QED) is 0.726. The Hall–Kier alpha value is -1.09. The van der Waals surface area contributed by atoms with Crippen LogP contribution in [0.3, 0.4) is 0 Å². The van der Waals surface area contributed by atoms with Crippen LogP contribution in [0.15, 0.2) is 50.7 Å². The smallest absolute Gasteiger partial charge is 0.179 e. The second-order valence-corrected chi connectivity index (χ2v) is 10.2. The number of sulfone groups is 2. The first-order valence-electron chi connectivity index (χ1n) is 6.15. The zero-order chi connectivity index (χ0) is 17.4. The van der Waals surface area contributed by atoms with Gasteiger partial charge in [0, 0.05) is 17.0 Å². The van der Waals surface area contributed by atoms with E-state index in [-0.39, 0.29) is 21.3 Å². The van der Waals surface area contributed by atoms with E-state index >= 15 is 0 Å². The highest BCUT2D eigenvalue weighted by molar-refractivity contribution is 9.10. The molecule has 2 aromatic carbocycles. The highest BCUT2D eigenvalue weighted by Crippen LogP contribution is 2.35. The van der Waals surface area contributed by atoms with Gasteiger partial charge in [-0.1, -0.05) is 27.5 Å². The summed E-state index contributed by atoms with van der Waals surface area (Å²) >= 11 is 9.29. The molecule has 0 amide bonds. The lowest BCUT2D eigenvalue weighted by Gasteiger charge is -2.12. The Balaban J connectivity index is 2.61. The molecule has 0 aromatic heterocycles. The Labute approximate surface area is 148 Å². The molecule has 23 heavy (non-hydrogen) atoms. The van der Waals surface area contributed by atoms with Gasteiger partial charge < -0.3 is 4.74 Å². The van der Waals surface area contributed by atoms with Crippen molar-refractivity contribution < 1.29 is 21.6 Å². The van der Waals surface area contributed by atoms with Gasteiger partial charge in [-0.25, -0.2) is 16.8 Å². The maximum Gasteiger partial charge on any atom is 0.179 e. The van der Waals surface area contributed by atoms with Crippen LogP contribution in [0, 0.1) is 0 Å². The van der Waals surface area contributed by atoms with Gasteiger partial charge >= 0.3 is 0 Å². The number of rotatable bonds is 4. The van der Waals surface area contributed by atoms with Gasteiger partial charge in [-0.05, 0) is 36.4 Å². The molecule has 0 aliphatic heterocycles. The van der Waals surface area contributed by atoms with Gasteiger partial charge in [-0.3, -0.25) is 0 Å². The van der Waals surface area contributed by atoms with E-state index in [1.54, 1.807) is 18.2 Å². The van der Waals surface area contributed by atoms with Gasteiger partial charge in [0.2, 0.25) is 0 Å². The number of ether oxygens (including phenoxy) is 1. The molecule has 0 aliphatic carbocycles. The number of hydrogen-bond acceptors (Lipinski definition) is 5. The van der Waals surface area contributed by atoms with Crippen LogP contribution in [-0.2, 0) is 19.7 Å². The van der Waals surface area contributed by atoms with Crippen molar-refractivity contribution >= 4 is 47.2 Å². The first-order valence-corrected chi connectivity index (χ1v) is 11.1. The largest absolute Gasteiger partial charge is 0.454 e. The van der Waals surface area contributed by atoms with Crippen LogP contribution in [0.4, 0.5) is 0 Å². The first-order chi connectivity index (χ1) is 10.5. The molecule has 0 heterocycles. The lowest BCUT2D eigenvalue weighted by Crippen LogP contribution is -2.04. The minimum Gasteiger partial charge on any atom is -0.454 e. The van der Waals surface area contributed by atoms with Gasteiger partial charge in [-0.2, -0.15) is 0 Å². The van der Waals surface area contributed by atoms with E-state index in [2.05, 4.69) is 15.9 Å². The highest BCUT2D eigenvalue weighted by atomic mass is 79.9. The van der Waals surface area contributed by atoms with Crippen molar-refractivity contribution in [2.24, 2.45) is 0 Å². The summed E-state index contributed by atoms with van der Waals surface area (Å²) in [6.45, 7) is 0. The Morgan fingerprint density at radius 3 is 2.13 bits per heavy atom. The fourth-order valence-corrected chi connectivity index (χ4v) is 3.80. The van der Waals surface area contributed by atoms with Crippen molar-refractivity contribution in [3.63, 3.8) is 0 Å². The number of hydrogen-bond donors (Lipinski definition) is 0. The van der Waals surface area contributed by atoms with E-state index in [4.69, 9.17) is 16.3 Å². The van der Waals surface area contributed by atoms with Crippen LogP contribution < -0.4 is 4.74 Å². The molecule has 0 aliphatic rings. The number of benzene rings is 2. The molecular formula is C14H12BrClO5S2. The van der Waals surface area contributed by atoms with Crippen molar-refractivity contribution in [3.8, 4) is 11.5 Å². The van der Waals surface area contributed by atoms with Crippen molar-refractivity contribution in [1.29, 1.82) is 0 Å². The predicted octanol–water partition coefficient (Wildman–Crippen LogP) is 3.70. The van der Waals surface area contributed by atoms with E-state index < -0.39 is 19.7 Å². The lowest BCUT2D eigenvalue weighted by atomic mass is 10.3. The zero-order valence-electron chi connectivity index (χ0n) is 12.1. The summed E-state index contributed by atoms with van der Waals surface area (Å²) in [7, 11) is -7.25. The standard InChI is InChI=1S/C14H12BrClO5S2/c1-22(17,18)10-4-6-12(14(8-10)23(2,19)20)21-13-7-9(15)3-5-11(13)16/h3-8H,1-2H3. The van der Waals surface area contributed by atoms with Crippen LogP contribution >= 0.6 is 27.5 Å². The van der Waals surface area contributed by atoms with Crippen LogP contribution in [0.5, 0.6) is 11.5 Å². The van der Waals surface area contributed by atoms with Gasteiger partial charge in [0.25, 0.3) is 0 Å². The fourth-order valence-electron chi connectivity index (χ4n) is 1.77. The predicted molar refractivity (Wildman–Crippen MR) is 91.9 cm³/mol. The summed E-state index contributed by atoms with van der Waals surface area (Å²) in [4.78, 5) is -0.331. The van der Waals surface area contributed by atoms with Crippen molar-refractivity contribution in [1.82, 2.24) is 0 Å². The third-order valence-electron chi connectivity index (χ3n) is 2.86. The number of halogens is 2. The van der Waals surface area contributed by atoms with E-state index in [1.807, 2.05) is 0 Å². The van der Waals surface area contributed by atoms with Crippen LogP contribution in [-0.4, -0.2) is 29.3 Å². The van der Waals surface area contributed by atoms with Crippen LogP contribution in [0.1, 0.15) is 0 Å². The van der Waals surface area contributed by atoms with E-state index in [0.717, 1.165) is 18.6 Å². The Bertz CT molecular complexity index is 969. The van der Waals surface area contributed by atoms with E-state index in [0.29, 0.717) is 9.50 Å². The summed E-state index contributed by atoms with van der Waals surface area (Å²) in [5.41, 5.74) is 0. The van der Waals surface area contributed by atoms with Gasteiger partial charge in [-0.15, -0.1) is 0 Å².